The molecule has 5 nitrogen and oxygen atoms in total. The lowest BCUT2D eigenvalue weighted by Crippen LogP contribution is -2.27. The predicted molar refractivity (Wildman–Crippen MR) is 66.8 cm³/mol. The van der Waals surface area contributed by atoms with Crippen molar-refractivity contribution in [1.29, 1.82) is 0 Å². The minimum atomic E-state index is 0.482. The maximum absolute atomic E-state index is 11.1. The predicted octanol–water partition coefficient (Wildman–Crippen LogP) is 2.09. The van der Waals surface area contributed by atoms with Gasteiger partial charge in [0.2, 0.25) is 12.4 Å². The van der Waals surface area contributed by atoms with Crippen molar-refractivity contribution < 1.29 is 23.7 Å². The first kappa shape index (κ1) is 11.0. The molecule has 0 aliphatic rings. The van der Waals surface area contributed by atoms with Crippen molar-refractivity contribution in [3.05, 3.63) is 36.2 Å². The second-order valence-corrected chi connectivity index (χ2v) is 4.03. The molecule has 3 rings (SSSR count). The summed E-state index contributed by atoms with van der Waals surface area (Å²) in [5, 5.41) is 10.7. The first-order valence-electron chi connectivity index (χ1n) is 5.16. The number of pyridine rings is 1. The smallest absolute Gasteiger partial charge is 0.233 e. The van der Waals surface area contributed by atoms with E-state index in [1.165, 1.54) is 12.4 Å². The molecule has 1 unspecified atom stereocenters. The van der Waals surface area contributed by atoms with Crippen LogP contribution in [0.4, 0.5) is 0 Å². The van der Waals surface area contributed by atoms with Crippen molar-refractivity contribution in [3.63, 3.8) is 0 Å². The number of aldehydes is 1. The lowest BCUT2D eigenvalue weighted by molar-refractivity contribution is -0.903. The second-order valence-electron chi connectivity index (χ2n) is 3.80. The zero-order chi connectivity index (χ0) is 12.7. The highest BCUT2D eigenvalue weighted by molar-refractivity contribution is 7.10. The summed E-state index contributed by atoms with van der Waals surface area (Å²) < 4.78 is 11.7. The Labute approximate surface area is 104 Å². The first-order chi connectivity index (χ1) is 8.74. The highest BCUT2D eigenvalue weighted by Crippen LogP contribution is 2.36. The van der Waals surface area contributed by atoms with E-state index < -0.39 is 0 Å². The quantitative estimate of drug-likeness (QED) is 0.332. The summed E-state index contributed by atoms with van der Waals surface area (Å²) in [7, 11) is 2.14. The minimum absolute atomic E-state index is 0.482. The van der Waals surface area contributed by atoms with Gasteiger partial charge in [-0.05, 0) is 12.1 Å². The summed E-state index contributed by atoms with van der Waals surface area (Å²) in [5.74, 6) is 0.515. The van der Waals surface area contributed by atoms with Crippen molar-refractivity contribution in [2.45, 2.75) is 0 Å². The molecule has 1 aromatic carbocycles. The molecule has 2 heterocycles. The largest absolute Gasteiger partial charge is 0.476 e. The van der Waals surface area contributed by atoms with Crippen LogP contribution in [-0.2, 0) is 0 Å². The van der Waals surface area contributed by atoms with Crippen LogP contribution < -0.4 is 9.25 Å². The highest BCUT2D eigenvalue weighted by Gasteiger charge is 2.17. The van der Waals surface area contributed by atoms with E-state index in [9.17, 15) is 10.0 Å². The lowest BCUT2D eigenvalue weighted by Gasteiger charge is -2.00. The van der Waals surface area contributed by atoms with E-state index >= 15 is 0 Å². The molecule has 1 N–H and O–H groups in total. The number of fused-ring (bicyclic) bond motifs is 3. The average molecular weight is 262 g/mol. The zero-order valence-corrected chi connectivity index (χ0v) is 10.3. The van der Waals surface area contributed by atoms with Crippen LogP contribution in [0.15, 0.2) is 35.0 Å². The fourth-order valence-corrected chi connectivity index (χ4v) is 2.19. The molecule has 0 saturated heterocycles. The number of hydrogen-bond acceptors (Lipinski definition) is 4. The number of benzene rings is 1. The minimum Gasteiger partial charge on any atom is -0.476 e. The monoisotopic (exact) mass is 262 g/mol. The molecule has 3 aromatic rings. The summed E-state index contributed by atoms with van der Waals surface area (Å²) in [4.78, 5) is 11.1. The van der Waals surface area contributed by atoms with Crippen molar-refractivity contribution in [3.8, 4) is 5.75 Å². The van der Waals surface area contributed by atoms with Crippen LogP contribution in [0.25, 0.3) is 21.9 Å². The maximum Gasteiger partial charge on any atom is 0.233 e. The molecule has 0 bridgehead atoms. The Bertz CT molecular complexity index is 765. The van der Waals surface area contributed by atoms with Crippen molar-refractivity contribution >= 4 is 37.7 Å². The molecule has 6 heteroatoms. The molecule has 0 aliphatic carbocycles. The van der Waals surface area contributed by atoms with Crippen LogP contribution >= 0.6 is 9.47 Å². The molecule has 1 atom stereocenters. The van der Waals surface area contributed by atoms with Crippen LogP contribution in [0.1, 0.15) is 10.4 Å². The molecule has 2 aromatic heterocycles. The second kappa shape index (κ2) is 3.96. The third-order valence-electron chi connectivity index (χ3n) is 2.79. The lowest BCUT2D eigenvalue weighted by atomic mass is 10.1. The van der Waals surface area contributed by atoms with Gasteiger partial charge >= 0.3 is 0 Å². The Kier molecular flexibility index (Phi) is 2.42. The number of aromatic nitrogens is 1. The molecule has 0 fully saturated rings. The third kappa shape index (κ3) is 1.45. The van der Waals surface area contributed by atoms with E-state index in [0.29, 0.717) is 33.3 Å². The van der Waals surface area contributed by atoms with Gasteiger partial charge in [-0.3, -0.25) is 10.0 Å². The number of hydrogen-bond donors (Lipinski definition) is 1. The standard InChI is InChI=1S/C12H9NO4P/c14-6-7-1-2-10(17-18)12-11(7)8-5-13(15)4-3-9(8)16-12/h1-6,15H,18H2/q+1. The van der Waals surface area contributed by atoms with E-state index in [4.69, 9.17) is 8.94 Å². The molecule has 0 radical (unpaired) electrons. The topological polar surface area (TPSA) is 63.5 Å². The summed E-state index contributed by atoms with van der Waals surface area (Å²) in [6.07, 6.45) is 3.69. The summed E-state index contributed by atoms with van der Waals surface area (Å²) in [6.45, 7) is 0. The summed E-state index contributed by atoms with van der Waals surface area (Å²) in [5.41, 5.74) is 1.55. The molecule has 18 heavy (non-hydrogen) atoms. The van der Waals surface area contributed by atoms with Gasteiger partial charge in [-0.25, -0.2) is 0 Å². The highest BCUT2D eigenvalue weighted by atomic mass is 31.0. The van der Waals surface area contributed by atoms with Gasteiger partial charge in [0.05, 0.1) is 20.9 Å². The van der Waals surface area contributed by atoms with Crippen molar-refractivity contribution in [2.75, 3.05) is 0 Å². The molecular weight excluding hydrogens is 253 g/mol. The van der Waals surface area contributed by atoms with Gasteiger partial charge in [-0.1, -0.05) is 0 Å². The van der Waals surface area contributed by atoms with Crippen LogP contribution in [-0.4, -0.2) is 11.5 Å². The molecule has 90 valence electrons. The Morgan fingerprint density at radius 1 is 1.39 bits per heavy atom. The number of nitrogens with zero attached hydrogens (tertiary/aromatic N) is 1. The molecule has 0 amide bonds. The van der Waals surface area contributed by atoms with Gasteiger partial charge in [0.15, 0.2) is 17.6 Å². The number of rotatable bonds is 2. The number of carbonyl (C=O) groups excluding carboxylic acids is 1. The van der Waals surface area contributed by atoms with E-state index in [-0.39, 0.29) is 0 Å². The molecule has 0 saturated carbocycles. The van der Waals surface area contributed by atoms with E-state index in [2.05, 4.69) is 9.47 Å². The summed E-state index contributed by atoms with van der Waals surface area (Å²) >= 11 is 0. The van der Waals surface area contributed by atoms with E-state index in [1.807, 2.05) is 0 Å². The van der Waals surface area contributed by atoms with Gasteiger partial charge in [0, 0.05) is 15.7 Å². The van der Waals surface area contributed by atoms with Crippen molar-refractivity contribution in [2.24, 2.45) is 0 Å². The van der Waals surface area contributed by atoms with Crippen LogP contribution in [0.5, 0.6) is 5.75 Å². The maximum atomic E-state index is 11.1. The summed E-state index contributed by atoms with van der Waals surface area (Å²) in [6, 6.07) is 4.93. The number of furan rings is 1. The Hall–Kier alpha value is -2.13. The first-order valence-corrected chi connectivity index (χ1v) is 5.63. The van der Waals surface area contributed by atoms with Crippen LogP contribution in [0, 0.1) is 0 Å². The molecular formula is C12H9NO4P+. The Morgan fingerprint density at radius 3 is 2.94 bits per heavy atom. The van der Waals surface area contributed by atoms with Gasteiger partial charge in [-0.15, -0.1) is 0 Å². The van der Waals surface area contributed by atoms with Gasteiger partial charge in [-0.2, -0.15) is 0 Å². The Morgan fingerprint density at radius 2 is 2.22 bits per heavy atom. The fraction of sp³-hybridized carbons (Fsp3) is 0. The van der Waals surface area contributed by atoms with Crippen LogP contribution in [0.3, 0.4) is 0 Å². The zero-order valence-electron chi connectivity index (χ0n) is 9.16. The van der Waals surface area contributed by atoms with Gasteiger partial charge in [0.1, 0.15) is 5.58 Å². The normalized spacial score (nSPS) is 10.9. The van der Waals surface area contributed by atoms with Crippen LogP contribution in [0.2, 0.25) is 0 Å². The Balaban J connectivity index is 2.56. The van der Waals surface area contributed by atoms with E-state index in [1.54, 1.807) is 18.2 Å². The SMILES string of the molecule is O=Cc1ccc(OP)c2oc3cc[n+](O)cc3c12. The van der Waals surface area contributed by atoms with Crippen molar-refractivity contribution in [1.82, 2.24) is 0 Å². The molecule has 0 spiro atoms. The molecule has 0 aliphatic heterocycles. The third-order valence-corrected chi connectivity index (χ3v) is 3.05. The number of carbonyl (C=O) groups is 1. The van der Waals surface area contributed by atoms with Gasteiger partial charge in [0.25, 0.3) is 0 Å². The average Bonchev–Trinajstić information content (AvgIpc) is 2.76. The van der Waals surface area contributed by atoms with E-state index in [0.717, 1.165) is 11.0 Å². The van der Waals surface area contributed by atoms with Gasteiger partial charge < -0.3 is 8.94 Å². The fourth-order valence-electron chi connectivity index (χ4n) is 2.01.